The average Bonchev–Trinajstić information content (AvgIpc) is 3.38. The van der Waals surface area contributed by atoms with Gasteiger partial charge in [-0.1, -0.05) is 88.5 Å². The molecule has 0 radical (unpaired) electrons. The molecular weight excluding hydrogens is 544 g/mol. The van der Waals surface area contributed by atoms with Gasteiger partial charge in [0.05, 0.1) is 17.3 Å². The standard InChI is InChI=1S/C27H21BrN2O5S/c1-3-14-35-26(34)24-16(2)29-27(36-24)30-22(18-10-7-11-19(28)15-18)21(23(32)25(30)33)20(31)13-12-17-8-5-4-6-9-17/h3-13,15,22,32H,1,14H2,2H3. The monoisotopic (exact) mass is 564 g/mol. The number of rotatable bonds is 8. The van der Waals surface area contributed by atoms with Crippen LogP contribution in [0.4, 0.5) is 5.13 Å². The lowest BCUT2D eigenvalue weighted by Crippen LogP contribution is -2.30. The molecule has 0 aliphatic carbocycles. The van der Waals surface area contributed by atoms with Crippen molar-refractivity contribution < 1.29 is 24.2 Å². The lowest BCUT2D eigenvalue weighted by molar-refractivity contribution is -0.117. The van der Waals surface area contributed by atoms with E-state index < -0.39 is 29.5 Å². The van der Waals surface area contributed by atoms with E-state index in [1.165, 1.54) is 17.1 Å². The molecule has 3 aromatic rings. The van der Waals surface area contributed by atoms with E-state index in [9.17, 15) is 19.5 Å². The van der Waals surface area contributed by atoms with E-state index in [2.05, 4.69) is 27.5 Å². The fourth-order valence-electron chi connectivity index (χ4n) is 3.75. The Morgan fingerprint density at radius 1 is 1.22 bits per heavy atom. The van der Waals surface area contributed by atoms with Gasteiger partial charge < -0.3 is 9.84 Å². The van der Waals surface area contributed by atoms with Crippen LogP contribution in [0.3, 0.4) is 0 Å². The summed E-state index contributed by atoms with van der Waals surface area (Å²) in [6.45, 7) is 5.19. The molecule has 1 atom stereocenters. The molecule has 1 aliphatic heterocycles. The molecule has 0 bridgehead atoms. The molecule has 0 spiro atoms. The van der Waals surface area contributed by atoms with Crippen molar-refractivity contribution in [3.05, 3.63) is 111 Å². The van der Waals surface area contributed by atoms with E-state index >= 15 is 0 Å². The summed E-state index contributed by atoms with van der Waals surface area (Å²) >= 11 is 4.38. The predicted molar refractivity (Wildman–Crippen MR) is 142 cm³/mol. The first-order valence-electron chi connectivity index (χ1n) is 10.9. The molecule has 4 rings (SSSR count). The van der Waals surface area contributed by atoms with Gasteiger partial charge in [-0.05, 0) is 36.3 Å². The zero-order valence-corrected chi connectivity index (χ0v) is 21.6. The van der Waals surface area contributed by atoms with Crippen LogP contribution >= 0.6 is 27.3 Å². The van der Waals surface area contributed by atoms with E-state index in [1.807, 2.05) is 36.4 Å². The number of aliphatic hydroxyl groups excluding tert-OH is 1. The number of halogens is 1. The number of ketones is 1. The number of esters is 1. The Kier molecular flexibility index (Phi) is 7.61. The largest absolute Gasteiger partial charge is 0.503 e. The van der Waals surface area contributed by atoms with Crippen LogP contribution < -0.4 is 4.90 Å². The first-order chi connectivity index (χ1) is 17.3. The number of amides is 1. The molecular formula is C27H21BrN2O5S. The van der Waals surface area contributed by atoms with Crippen molar-refractivity contribution in [1.82, 2.24) is 4.98 Å². The van der Waals surface area contributed by atoms with Gasteiger partial charge in [-0.3, -0.25) is 14.5 Å². The number of anilines is 1. The van der Waals surface area contributed by atoms with Gasteiger partial charge in [0, 0.05) is 4.47 Å². The van der Waals surface area contributed by atoms with Crippen LogP contribution in [-0.2, 0) is 14.3 Å². The van der Waals surface area contributed by atoms with Crippen molar-refractivity contribution in [2.24, 2.45) is 0 Å². The number of allylic oxidation sites excluding steroid dienone is 1. The third-order valence-corrected chi connectivity index (χ3v) is 7.00. The highest BCUT2D eigenvalue weighted by atomic mass is 79.9. The van der Waals surface area contributed by atoms with E-state index in [1.54, 1.807) is 31.2 Å². The minimum atomic E-state index is -0.953. The van der Waals surface area contributed by atoms with E-state index in [-0.39, 0.29) is 22.2 Å². The SMILES string of the molecule is C=CCOC(=O)c1sc(N2C(=O)C(O)=C(C(=O)C=Cc3ccccc3)C2c2cccc(Br)c2)nc1C. The van der Waals surface area contributed by atoms with Crippen molar-refractivity contribution in [2.45, 2.75) is 13.0 Å². The fraction of sp³-hybridized carbons (Fsp3) is 0.111. The maximum Gasteiger partial charge on any atom is 0.350 e. The topological polar surface area (TPSA) is 96.8 Å². The average molecular weight is 565 g/mol. The van der Waals surface area contributed by atoms with Crippen LogP contribution in [0.2, 0.25) is 0 Å². The van der Waals surface area contributed by atoms with Gasteiger partial charge in [0.25, 0.3) is 5.91 Å². The number of aryl methyl sites for hydroxylation is 1. The molecule has 0 fully saturated rings. The quantitative estimate of drug-likeness (QED) is 0.213. The lowest BCUT2D eigenvalue weighted by atomic mass is 9.96. The number of hydrogen-bond donors (Lipinski definition) is 1. The van der Waals surface area contributed by atoms with Gasteiger partial charge >= 0.3 is 5.97 Å². The molecule has 0 saturated carbocycles. The van der Waals surface area contributed by atoms with Crippen LogP contribution in [0.5, 0.6) is 0 Å². The number of benzene rings is 2. The van der Waals surface area contributed by atoms with Crippen LogP contribution in [-0.4, -0.2) is 34.4 Å². The highest BCUT2D eigenvalue weighted by Gasteiger charge is 2.45. The van der Waals surface area contributed by atoms with Gasteiger partial charge in [0.1, 0.15) is 11.5 Å². The summed E-state index contributed by atoms with van der Waals surface area (Å²) < 4.78 is 5.85. The maximum absolute atomic E-state index is 13.3. The Labute approximate surface area is 220 Å². The first-order valence-corrected chi connectivity index (χ1v) is 12.5. The van der Waals surface area contributed by atoms with Gasteiger partial charge in [0.2, 0.25) is 0 Å². The van der Waals surface area contributed by atoms with Crippen molar-refractivity contribution in [3.63, 3.8) is 0 Å². The number of ether oxygens (including phenoxy) is 1. The van der Waals surface area contributed by atoms with Gasteiger partial charge in [-0.15, -0.1) is 0 Å². The fourth-order valence-corrected chi connectivity index (χ4v) is 5.15. The summed E-state index contributed by atoms with van der Waals surface area (Å²) in [4.78, 5) is 44.9. The summed E-state index contributed by atoms with van der Waals surface area (Å²) in [6.07, 6.45) is 4.40. The zero-order chi connectivity index (χ0) is 25.8. The van der Waals surface area contributed by atoms with E-state index in [0.29, 0.717) is 11.3 Å². The second-order valence-corrected chi connectivity index (χ2v) is 9.69. The Morgan fingerprint density at radius 2 is 1.97 bits per heavy atom. The van der Waals surface area contributed by atoms with Crippen LogP contribution in [0.1, 0.15) is 32.5 Å². The first kappa shape index (κ1) is 25.3. The lowest BCUT2D eigenvalue weighted by Gasteiger charge is -2.24. The molecule has 1 unspecified atom stereocenters. The molecule has 1 aliphatic rings. The van der Waals surface area contributed by atoms with Crippen molar-refractivity contribution in [1.29, 1.82) is 0 Å². The summed E-state index contributed by atoms with van der Waals surface area (Å²) in [5.41, 5.74) is 1.67. The molecule has 2 heterocycles. The van der Waals surface area contributed by atoms with Crippen molar-refractivity contribution in [3.8, 4) is 0 Å². The Bertz CT molecular complexity index is 1410. The molecule has 2 aromatic carbocycles. The molecule has 7 nitrogen and oxygen atoms in total. The normalized spacial score (nSPS) is 15.6. The molecule has 1 amide bonds. The van der Waals surface area contributed by atoms with Crippen LogP contribution in [0, 0.1) is 6.92 Å². The smallest absolute Gasteiger partial charge is 0.350 e. The molecule has 1 N–H and O–H groups in total. The minimum Gasteiger partial charge on any atom is -0.503 e. The zero-order valence-electron chi connectivity index (χ0n) is 19.2. The molecule has 182 valence electrons. The number of hydrogen-bond acceptors (Lipinski definition) is 7. The molecule has 0 saturated heterocycles. The molecule has 9 heteroatoms. The second-order valence-electron chi connectivity index (χ2n) is 7.80. The van der Waals surface area contributed by atoms with Crippen LogP contribution in [0.25, 0.3) is 6.08 Å². The van der Waals surface area contributed by atoms with Gasteiger partial charge in [-0.2, -0.15) is 0 Å². The summed E-state index contributed by atoms with van der Waals surface area (Å²) in [7, 11) is 0. The highest BCUT2D eigenvalue weighted by molar-refractivity contribution is 9.10. The van der Waals surface area contributed by atoms with Gasteiger partial charge in [-0.25, -0.2) is 9.78 Å². The Morgan fingerprint density at radius 3 is 2.67 bits per heavy atom. The van der Waals surface area contributed by atoms with E-state index in [4.69, 9.17) is 4.74 Å². The highest BCUT2D eigenvalue weighted by Crippen LogP contribution is 2.43. The van der Waals surface area contributed by atoms with Crippen molar-refractivity contribution >= 4 is 56.1 Å². The Balaban J connectivity index is 1.77. The number of carbonyl (C=O) groups is 3. The van der Waals surface area contributed by atoms with Crippen molar-refractivity contribution in [2.75, 3.05) is 11.5 Å². The number of thiazole rings is 1. The van der Waals surface area contributed by atoms with E-state index in [0.717, 1.165) is 21.4 Å². The number of aliphatic hydroxyl groups is 1. The summed E-state index contributed by atoms with van der Waals surface area (Å²) in [6, 6.07) is 15.4. The maximum atomic E-state index is 13.3. The van der Waals surface area contributed by atoms with Gasteiger partial charge in [0.15, 0.2) is 16.7 Å². The summed E-state index contributed by atoms with van der Waals surface area (Å²) in [5, 5.41) is 11.0. The number of carbonyl (C=O) groups excluding carboxylic acids is 3. The minimum absolute atomic E-state index is 0.0313. The second kappa shape index (κ2) is 10.8. The number of aromatic nitrogens is 1. The Hall–Kier alpha value is -3.82. The number of nitrogens with zero attached hydrogens (tertiary/aromatic N) is 2. The van der Waals surface area contributed by atoms with Crippen LogP contribution in [0.15, 0.2) is 89.1 Å². The predicted octanol–water partition coefficient (Wildman–Crippen LogP) is 5.74. The summed E-state index contributed by atoms with van der Waals surface area (Å²) in [5.74, 6) is -2.56. The molecule has 36 heavy (non-hydrogen) atoms. The third-order valence-electron chi connectivity index (χ3n) is 5.37. The third kappa shape index (κ3) is 5.07. The molecule has 1 aromatic heterocycles.